The highest BCUT2D eigenvalue weighted by atomic mass is 16.7. The van der Waals surface area contributed by atoms with Gasteiger partial charge in [-0.15, -0.1) is 0 Å². The molecule has 1 saturated heterocycles. The Balaban J connectivity index is 1.86. The summed E-state index contributed by atoms with van der Waals surface area (Å²) in [6.07, 6.45) is 4.76. The number of hydrogen-bond donors (Lipinski definition) is 1. The Bertz CT molecular complexity index is 411. The lowest BCUT2D eigenvalue weighted by Crippen LogP contribution is -2.24. The molecule has 1 aromatic rings. The van der Waals surface area contributed by atoms with E-state index in [1.807, 2.05) is 0 Å². The minimum Gasteiger partial charge on any atom is -0.454 e. The van der Waals surface area contributed by atoms with Crippen molar-refractivity contribution in [1.29, 1.82) is 0 Å². The molecule has 0 radical (unpaired) electrons. The fourth-order valence-corrected chi connectivity index (χ4v) is 2.74. The maximum absolute atomic E-state index is 5.46. The van der Waals surface area contributed by atoms with E-state index in [9.17, 15) is 0 Å². The highest BCUT2D eigenvalue weighted by molar-refractivity contribution is 5.49. The Morgan fingerprint density at radius 2 is 2.00 bits per heavy atom. The molecule has 92 valence electrons. The third kappa shape index (κ3) is 2.12. The molecule has 0 aliphatic carbocycles. The van der Waals surface area contributed by atoms with E-state index in [1.54, 1.807) is 0 Å². The molecule has 1 unspecified atom stereocenters. The van der Waals surface area contributed by atoms with Gasteiger partial charge < -0.3 is 14.8 Å². The largest absolute Gasteiger partial charge is 0.454 e. The van der Waals surface area contributed by atoms with Crippen LogP contribution in [0, 0.1) is 0 Å². The second kappa shape index (κ2) is 4.57. The molecule has 0 amide bonds. The number of nitrogens with one attached hydrogen (secondary N) is 1. The van der Waals surface area contributed by atoms with Crippen molar-refractivity contribution in [3.63, 3.8) is 0 Å². The van der Waals surface area contributed by atoms with E-state index in [-0.39, 0.29) is 0 Å². The van der Waals surface area contributed by atoms with Gasteiger partial charge in [0.2, 0.25) is 6.79 Å². The van der Waals surface area contributed by atoms with E-state index < -0.39 is 0 Å². The van der Waals surface area contributed by atoms with Gasteiger partial charge in [-0.3, -0.25) is 0 Å². The second-order valence-corrected chi connectivity index (χ2v) is 4.83. The van der Waals surface area contributed by atoms with Gasteiger partial charge in [0.05, 0.1) is 0 Å². The van der Waals surface area contributed by atoms with Crippen molar-refractivity contribution in [2.24, 2.45) is 0 Å². The number of benzene rings is 1. The van der Waals surface area contributed by atoms with Crippen molar-refractivity contribution in [2.45, 2.75) is 38.6 Å². The number of hydrogen-bond acceptors (Lipinski definition) is 3. The quantitative estimate of drug-likeness (QED) is 0.868. The van der Waals surface area contributed by atoms with Crippen LogP contribution in [0.4, 0.5) is 0 Å². The van der Waals surface area contributed by atoms with E-state index in [0.29, 0.717) is 12.8 Å². The minimum absolute atomic E-state index is 0.365. The van der Waals surface area contributed by atoms with Crippen LogP contribution in [0.3, 0.4) is 0 Å². The second-order valence-electron chi connectivity index (χ2n) is 4.83. The Kier molecular flexibility index (Phi) is 2.93. The van der Waals surface area contributed by atoms with Crippen LogP contribution < -0.4 is 14.8 Å². The normalized spacial score (nSPS) is 22.1. The first-order chi connectivity index (χ1) is 8.36. The lowest BCUT2D eigenvalue weighted by Gasteiger charge is -2.14. The van der Waals surface area contributed by atoms with Crippen LogP contribution in [-0.2, 0) is 12.8 Å². The summed E-state index contributed by atoms with van der Waals surface area (Å²) in [4.78, 5) is 0. The zero-order chi connectivity index (χ0) is 11.7. The standard InChI is InChI=1S/C14H19NO2/c1-2-10-7-13-14(17-9-16-13)8-11(10)6-12-4-3-5-15-12/h7-8,12,15H,2-6,9H2,1H3. The number of ether oxygens (including phenoxy) is 2. The SMILES string of the molecule is CCc1cc2c(cc1CC1CCCN1)OCO2. The molecular weight excluding hydrogens is 214 g/mol. The van der Waals surface area contributed by atoms with Gasteiger partial charge in [0, 0.05) is 6.04 Å². The molecule has 2 aliphatic heterocycles. The molecule has 0 bridgehead atoms. The summed E-state index contributed by atoms with van der Waals surface area (Å²) in [6, 6.07) is 4.95. The maximum Gasteiger partial charge on any atom is 0.231 e. The van der Waals surface area contributed by atoms with Crippen LogP contribution in [0.1, 0.15) is 30.9 Å². The monoisotopic (exact) mass is 233 g/mol. The molecule has 0 saturated carbocycles. The van der Waals surface area contributed by atoms with E-state index in [0.717, 1.165) is 30.9 Å². The summed E-state index contributed by atoms with van der Waals surface area (Å²) in [6.45, 7) is 3.73. The van der Waals surface area contributed by atoms with Gasteiger partial charge in [-0.2, -0.15) is 0 Å². The van der Waals surface area contributed by atoms with Crippen LogP contribution in [0.25, 0.3) is 0 Å². The van der Waals surface area contributed by atoms with Crippen molar-refractivity contribution < 1.29 is 9.47 Å². The summed E-state index contributed by atoms with van der Waals surface area (Å²) in [7, 11) is 0. The van der Waals surface area contributed by atoms with Gasteiger partial charge in [0.25, 0.3) is 0 Å². The summed E-state index contributed by atoms with van der Waals surface area (Å²) in [5, 5.41) is 3.55. The molecule has 17 heavy (non-hydrogen) atoms. The van der Waals surface area contributed by atoms with E-state index in [4.69, 9.17) is 9.47 Å². The summed E-state index contributed by atoms with van der Waals surface area (Å²) >= 11 is 0. The molecule has 3 rings (SSSR count). The van der Waals surface area contributed by atoms with Gasteiger partial charge in [-0.25, -0.2) is 0 Å². The molecular formula is C14H19NO2. The Morgan fingerprint density at radius 3 is 2.65 bits per heavy atom. The van der Waals surface area contributed by atoms with Crippen molar-refractivity contribution in [3.8, 4) is 11.5 Å². The predicted molar refractivity (Wildman–Crippen MR) is 66.7 cm³/mol. The smallest absolute Gasteiger partial charge is 0.231 e. The van der Waals surface area contributed by atoms with Crippen LogP contribution in [0.5, 0.6) is 11.5 Å². The van der Waals surface area contributed by atoms with Gasteiger partial charge in [0.15, 0.2) is 11.5 Å². The summed E-state index contributed by atoms with van der Waals surface area (Å²) < 4.78 is 10.9. The zero-order valence-corrected chi connectivity index (χ0v) is 10.3. The highest BCUT2D eigenvalue weighted by Crippen LogP contribution is 2.35. The molecule has 0 spiro atoms. The first kappa shape index (κ1) is 10.9. The molecule has 0 aromatic heterocycles. The van der Waals surface area contributed by atoms with E-state index in [1.165, 1.54) is 24.0 Å². The molecule has 3 nitrogen and oxygen atoms in total. The van der Waals surface area contributed by atoms with Crippen LogP contribution in [-0.4, -0.2) is 19.4 Å². The third-order valence-electron chi connectivity index (χ3n) is 3.70. The molecule has 2 heterocycles. The Morgan fingerprint density at radius 1 is 1.24 bits per heavy atom. The zero-order valence-electron chi connectivity index (χ0n) is 10.3. The lowest BCUT2D eigenvalue weighted by atomic mass is 9.97. The fraction of sp³-hybridized carbons (Fsp3) is 0.571. The molecule has 3 heteroatoms. The number of rotatable bonds is 3. The van der Waals surface area contributed by atoms with Crippen LogP contribution in [0.15, 0.2) is 12.1 Å². The van der Waals surface area contributed by atoms with Gasteiger partial charge in [-0.1, -0.05) is 6.92 Å². The van der Waals surface area contributed by atoms with Crippen molar-refractivity contribution in [3.05, 3.63) is 23.3 Å². The van der Waals surface area contributed by atoms with Gasteiger partial charge in [-0.05, 0) is 55.5 Å². The minimum atomic E-state index is 0.365. The summed E-state index contributed by atoms with van der Waals surface area (Å²) in [5.74, 6) is 1.82. The van der Waals surface area contributed by atoms with E-state index in [2.05, 4.69) is 24.4 Å². The molecule has 1 N–H and O–H groups in total. The number of aryl methyl sites for hydroxylation is 1. The molecule has 1 aromatic carbocycles. The average Bonchev–Trinajstić information content (AvgIpc) is 2.98. The molecule has 1 fully saturated rings. The van der Waals surface area contributed by atoms with Crippen LogP contribution in [0.2, 0.25) is 0 Å². The summed E-state index contributed by atoms with van der Waals surface area (Å²) in [5.41, 5.74) is 2.80. The Labute approximate surface area is 102 Å². The van der Waals surface area contributed by atoms with Crippen molar-refractivity contribution in [2.75, 3.05) is 13.3 Å². The first-order valence-electron chi connectivity index (χ1n) is 6.51. The molecule has 1 atom stereocenters. The predicted octanol–water partition coefficient (Wildman–Crippen LogP) is 2.27. The molecule has 2 aliphatic rings. The third-order valence-corrected chi connectivity index (χ3v) is 3.70. The van der Waals surface area contributed by atoms with Gasteiger partial charge >= 0.3 is 0 Å². The lowest BCUT2D eigenvalue weighted by molar-refractivity contribution is 0.174. The highest BCUT2D eigenvalue weighted by Gasteiger charge is 2.20. The fourth-order valence-electron chi connectivity index (χ4n) is 2.74. The van der Waals surface area contributed by atoms with E-state index >= 15 is 0 Å². The number of fused-ring (bicyclic) bond motifs is 1. The average molecular weight is 233 g/mol. The van der Waals surface area contributed by atoms with Gasteiger partial charge in [0.1, 0.15) is 0 Å². The topological polar surface area (TPSA) is 30.5 Å². The maximum atomic E-state index is 5.46. The van der Waals surface area contributed by atoms with Crippen molar-refractivity contribution >= 4 is 0 Å². The Hall–Kier alpha value is -1.22. The van der Waals surface area contributed by atoms with Crippen molar-refractivity contribution in [1.82, 2.24) is 5.32 Å². The first-order valence-corrected chi connectivity index (χ1v) is 6.51. The van der Waals surface area contributed by atoms with Crippen LogP contribution >= 0.6 is 0 Å².